The summed E-state index contributed by atoms with van der Waals surface area (Å²) in [6.45, 7) is 1.98. The highest BCUT2D eigenvalue weighted by Crippen LogP contribution is 2.26. The number of para-hydroxylation sites is 1. The highest BCUT2D eigenvalue weighted by atomic mass is 79.9. The van der Waals surface area contributed by atoms with E-state index in [0.29, 0.717) is 0 Å². The second-order valence-electron chi connectivity index (χ2n) is 3.90. The molecular formula is C13H10BrN3S2. The number of benzene rings is 1. The molecule has 2 heterocycles. The molecule has 1 aromatic carbocycles. The molecule has 3 rings (SSSR count). The largest absolute Gasteiger partial charge is 0.252 e. The Morgan fingerprint density at radius 2 is 2.05 bits per heavy atom. The second-order valence-corrected chi connectivity index (χ2v) is 7.39. The van der Waals surface area contributed by atoms with Crippen LogP contribution in [0.5, 0.6) is 0 Å². The molecule has 0 fully saturated rings. The van der Waals surface area contributed by atoms with Crippen LogP contribution in [-0.2, 0) is 0 Å². The Balaban J connectivity index is 1.81. The first kappa shape index (κ1) is 12.8. The minimum absolute atomic E-state index is 0.816. The van der Waals surface area contributed by atoms with Crippen molar-refractivity contribution in [2.24, 2.45) is 5.10 Å². The van der Waals surface area contributed by atoms with Crippen LogP contribution in [-0.4, -0.2) is 10.7 Å². The first-order valence-electron chi connectivity index (χ1n) is 5.64. The van der Waals surface area contributed by atoms with Crippen molar-refractivity contribution in [1.29, 1.82) is 0 Å². The Labute approximate surface area is 127 Å². The van der Waals surface area contributed by atoms with Gasteiger partial charge in [0.15, 0.2) is 0 Å². The molecule has 0 aliphatic heterocycles. The zero-order valence-corrected chi connectivity index (χ0v) is 13.3. The molecule has 0 saturated carbocycles. The van der Waals surface area contributed by atoms with Crippen molar-refractivity contribution in [3.63, 3.8) is 0 Å². The zero-order chi connectivity index (χ0) is 13.2. The minimum Gasteiger partial charge on any atom is -0.252 e. The van der Waals surface area contributed by atoms with E-state index in [-0.39, 0.29) is 0 Å². The van der Waals surface area contributed by atoms with Crippen LogP contribution in [0, 0.1) is 0 Å². The van der Waals surface area contributed by atoms with Gasteiger partial charge < -0.3 is 0 Å². The smallest absolute Gasteiger partial charge is 0.204 e. The summed E-state index contributed by atoms with van der Waals surface area (Å²) in [5.74, 6) is 0. The number of hydrogen-bond donors (Lipinski definition) is 1. The number of fused-ring (bicyclic) bond motifs is 1. The molecule has 0 amide bonds. The maximum atomic E-state index is 4.48. The number of aromatic nitrogens is 1. The summed E-state index contributed by atoms with van der Waals surface area (Å²) < 4.78 is 2.27. The van der Waals surface area contributed by atoms with Gasteiger partial charge in [-0.05, 0) is 47.1 Å². The Kier molecular flexibility index (Phi) is 3.63. The lowest BCUT2D eigenvalue weighted by molar-refractivity contribution is 1.29. The number of thiazole rings is 1. The van der Waals surface area contributed by atoms with Crippen molar-refractivity contribution < 1.29 is 0 Å². The fourth-order valence-electron chi connectivity index (χ4n) is 1.62. The maximum absolute atomic E-state index is 4.48. The molecule has 2 aromatic heterocycles. The molecule has 0 unspecified atom stereocenters. The highest BCUT2D eigenvalue weighted by molar-refractivity contribution is 9.11. The number of rotatable bonds is 3. The molecule has 3 aromatic rings. The molecule has 0 atom stereocenters. The molecule has 0 spiro atoms. The number of hydrogen-bond acceptors (Lipinski definition) is 5. The minimum atomic E-state index is 0.816. The van der Waals surface area contributed by atoms with E-state index in [1.807, 2.05) is 37.3 Å². The predicted molar refractivity (Wildman–Crippen MR) is 87.5 cm³/mol. The second kappa shape index (κ2) is 5.40. The average molecular weight is 352 g/mol. The summed E-state index contributed by atoms with van der Waals surface area (Å²) in [7, 11) is 0. The van der Waals surface area contributed by atoms with E-state index in [2.05, 4.69) is 37.5 Å². The standard InChI is InChI=1S/C13H10BrN3S2/c1-8(10-6-7-12(14)18-10)16-17-13-15-9-4-2-3-5-11(9)19-13/h2-7H,1H3,(H,15,17)/b16-8-. The summed E-state index contributed by atoms with van der Waals surface area (Å²) in [5, 5.41) is 5.19. The molecule has 3 nitrogen and oxygen atoms in total. The Morgan fingerprint density at radius 1 is 1.21 bits per heavy atom. The third kappa shape index (κ3) is 2.86. The van der Waals surface area contributed by atoms with Gasteiger partial charge in [-0.3, -0.25) is 5.43 Å². The summed E-state index contributed by atoms with van der Waals surface area (Å²) >= 11 is 6.72. The first-order chi connectivity index (χ1) is 9.22. The summed E-state index contributed by atoms with van der Waals surface area (Å²) in [6, 6.07) is 12.1. The maximum Gasteiger partial charge on any atom is 0.204 e. The van der Waals surface area contributed by atoms with Crippen LogP contribution in [0.25, 0.3) is 10.2 Å². The Morgan fingerprint density at radius 3 is 2.79 bits per heavy atom. The molecule has 1 N–H and O–H groups in total. The molecule has 96 valence electrons. The number of hydrazone groups is 1. The molecular weight excluding hydrogens is 342 g/mol. The molecule has 0 aliphatic carbocycles. The lowest BCUT2D eigenvalue weighted by Gasteiger charge is -1.96. The van der Waals surface area contributed by atoms with E-state index in [4.69, 9.17) is 0 Å². The van der Waals surface area contributed by atoms with Crippen LogP contribution in [0.2, 0.25) is 0 Å². The monoisotopic (exact) mass is 351 g/mol. The fraction of sp³-hybridized carbons (Fsp3) is 0.0769. The SMILES string of the molecule is C/C(=N/Nc1nc2ccccc2s1)c1ccc(Br)s1. The van der Waals surface area contributed by atoms with Crippen LogP contribution in [0.1, 0.15) is 11.8 Å². The number of halogens is 1. The Bertz CT molecular complexity index is 712. The van der Waals surface area contributed by atoms with Crippen molar-refractivity contribution in [1.82, 2.24) is 4.98 Å². The predicted octanol–water partition coefficient (Wildman–Crippen LogP) is 4.96. The van der Waals surface area contributed by atoms with Gasteiger partial charge in [0.05, 0.1) is 24.6 Å². The lowest BCUT2D eigenvalue weighted by atomic mass is 10.3. The van der Waals surface area contributed by atoms with Gasteiger partial charge in [-0.15, -0.1) is 11.3 Å². The number of nitrogens with zero attached hydrogens (tertiary/aromatic N) is 2. The van der Waals surface area contributed by atoms with Crippen LogP contribution in [0.4, 0.5) is 5.13 Å². The highest BCUT2D eigenvalue weighted by Gasteiger charge is 2.04. The van der Waals surface area contributed by atoms with Crippen LogP contribution >= 0.6 is 38.6 Å². The van der Waals surface area contributed by atoms with Gasteiger partial charge in [-0.2, -0.15) is 5.10 Å². The first-order valence-corrected chi connectivity index (χ1v) is 8.06. The van der Waals surface area contributed by atoms with Crippen LogP contribution in [0.3, 0.4) is 0 Å². The fourth-order valence-corrected chi connectivity index (χ4v) is 3.75. The topological polar surface area (TPSA) is 37.3 Å². The van der Waals surface area contributed by atoms with E-state index in [9.17, 15) is 0 Å². The molecule has 0 saturated heterocycles. The van der Waals surface area contributed by atoms with E-state index in [1.165, 1.54) is 0 Å². The molecule has 0 aliphatic rings. The van der Waals surface area contributed by atoms with E-state index in [1.54, 1.807) is 22.7 Å². The number of anilines is 1. The molecule has 19 heavy (non-hydrogen) atoms. The van der Waals surface area contributed by atoms with Crippen molar-refractivity contribution in [2.45, 2.75) is 6.92 Å². The normalized spacial score (nSPS) is 12.0. The average Bonchev–Trinajstić information content (AvgIpc) is 3.01. The zero-order valence-electron chi connectivity index (χ0n) is 10.1. The van der Waals surface area contributed by atoms with Gasteiger partial charge in [-0.25, -0.2) is 4.98 Å². The van der Waals surface area contributed by atoms with Gasteiger partial charge in [0, 0.05) is 0 Å². The number of thiophene rings is 1. The van der Waals surface area contributed by atoms with Crippen molar-refractivity contribution in [3.05, 3.63) is 45.1 Å². The molecule has 6 heteroatoms. The summed E-state index contributed by atoms with van der Waals surface area (Å²) in [5.41, 5.74) is 4.98. The van der Waals surface area contributed by atoms with Crippen molar-refractivity contribution >= 4 is 59.7 Å². The van der Waals surface area contributed by atoms with Gasteiger partial charge in [-0.1, -0.05) is 23.5 Å². The lowest BCUT2D eigenvalue weighted by Crippen LogP contribution is -1.96. The van der Waals surface area contributed by atoms with Gasteiger partial charge in [0.25, 0.3) is 0 Å². The quantitative estimate of drug-likeness (QED) is 0.535. The molecule has 0 bridgehead atoms. The Hall–Kier alpha value is -1.24. The van der Waals surface area contributed by atoms with E-state index >= 15 is 0 Å². The summed E-state index contributed by atoms with van der Waals surface area (Å²) in [4.78, 5) is 5.62. The van der Waals surface area contributed by atoms with Crippen LogP contribution < -0.4 is 5.43 Å². The van der Waals surface area contributed by atoms with Gasteiger partial charge >= 0.3 is 0 Å². The van der Waals surface area contributed by atoms with E-state index in [0.717, 1.165) is 29.7 Å². The van der Waals surface area contributed by atoms with Crippen molar-refractivity contribution in [2.75, 3.05) is 5.43 Å². The van der Waals surface area contributed by atoms with E-state index < -0.39 is 0 Å². The van der Waals surface area contributed by atoms with Gasteiger partial charge in [0.1, 0.15) is 0 Å². The summed E-state index contributed by atoms with van der Waals surface area (Å²) in [6.07, 6.45) is 0. The molecule has 0 radical (unpaired) electrons. The van der Waals surface area contributed by atoms with Gasteiger partial charge in [0.2, 0.25) is 5.13 Å². The van der Waals surface area contributed by atoms with Crippen molar-refractivity contribution in [3.8, 4) is 0 Å². The third-order valence-electron chi connectivity index (χ3n) is 2.54. The van der Waals surface area contributed by atoms with Crippen LogP contribution in [0.15, 0.2) is 45.3 Å². The number of nitrogens with one attached hydrogen (secondary N) is 1. The third-order valence-corrected chi connectivity index (χ3v) is 5.22.